The summed E-state index contributed by atoms with van der Waals surface area (Å²) in [5, 5.41) is 16.5. The number of nitrogens with zero attached hydrogens (tertiary/aromatic N) is 12. The third kappa shape index (κ3) is 18.4. The fourth-order valence-electron chi connectivity index (χ4n) is 9.50. The van der Waals surface area contributed by atoms with E-state index in [2.05, 4.69) is 40.1 Å². The molecule has 0 aromatic heterocycles. The lowest BCUT2D eigenvalue weighted by atomic mass is 9.94. The number of carbonyl (C=O) groups excluding carboxylic acids is 1. The van der Waals surface area contributed by atoms with Crippen molar-refractivity contribution in [2.24, 2.45) is 20.5 Å². The van der Waals surface area contributed by atoms with E-state index in [-0.39, 0.29) is 38.8 Å². The molecule has 0 radical (unpaired) electrons. The maximum atomic E-state index is 11.8. The number of carbonyl (C=O) groups is 1. The van der Waals surface area contributed by atoms with Crippen LogP contribution in [-0.4, -0.2) is 176 Å². The molecule has 27 nitrogen and oxygen atoms in total. The van der Waals surface area contributed by atoms with Crippen molar-refractivity contribution in [3.8, 4) is 0 Å². The van der Waals surface area contributed by atoms with Crippen LogP contribution in [0.1, 0.15) is 132 Å². The summed E-state index contributed by atoms with van der Waals surface area (Å²) in [5.41, 5.74) is 39.4. The quantitative estimate of drug-likeness (QED) is 0.0190. The Bertz CT molecular complexity index is 1860. The molecular weight excluding hydrogens is 985 g/mol. The Labute approximate surface area is 440 Å². The van der Waals surface area contributed by atoms with Gasteiger partial charge in [0.15, 0.2) is 25.2 Å². The molecule has 4 saturated heterocycles. The van der Waals surface area contributed by atoms with Crippen LogP contribution in [0.25, 0.3) is 41.8 Å². The summed E-state index contributed by atoms with van der Waals surface area (Å²) in [6.45, 7) is 16.3. The largest absolute Gasteiger partial charge is 0.469 e. The molecule has 0 aromatic rings. The Morgan fingerprint density at radius 2 is 0.720 bits per heavy atom. The van der Waals surface area contributed by atoms with Crippen molar-refractivity contribution in [1.82, 2.24) is 0 Å². The maximum absolute atomic E-state index is 11.8. The molecule has 0 N–H and O–H groups in total. The molecule has 0 aliphatic carbocycles. The summed E-state index contributed by atoms with van der Waals surface area (Å²) in [4.78, 5) is 24.4. The van der Waals surface area contributed by atoms with Gasteiger partial charge in [-0.25, -0.2) is 0 Å². The van der Waals surface area contributed by atoms with E-state index >= 15 is 0 Å². The average Bonchev–Trinajstić information content (AvgIpc) is 3.39. The number of hydrogen-bond acceptors (Lipinski definition) is 19. The van der Waals surface area contributed by atoms with E-state index in [0.29, 0.717) is 45.1 Å². The smallest absolute Gasteiger partial charge is 0.305 e. The second-order valence-electron chi connectivity index (χ2n) is 19.1. The van der Waals surface area contributed by atoms with Gasteiger partial charge in [0.05, 0.1) is 80.1 Å². The van der Waals surface area contributed by atoms with Gasteiger partial charge >= 0.3 is 5.97 Å². The minimum Gasteiger partial charge on any atom is -0.469 e. The van der Waals surface area contributed by atoms with Gasteiger partial charge in [0.25, 0.3) is 0 Å². The summed E-state index contributed by atoms with van der Waals surface area (Å²) < 4.78 is 91.0. The molecule has 0 amide bonds. The van der Waals surface area contributed by atoms with Gasteiger partial charge in [0, 0.05) is 66.2 Å². The molecule has 4 heterocycles. The first-order valence-corrected chi connectivity index (χ1v) is 26.8. The summed E-state index contributed by atoms with van der Waals surface area (Å²) in [7, 11) is 2.82. The van der Waals surface area contributed by atoms with Crippen LogP contribution in [0.4, 0.5) is 0 Å². The van der Waals surface area contributed by atoms with Crippen molar-refractivity contribution in [1.29, 1.82) is 0 Å². The normalized spacial score (nSPS) is 35.8. The highest BCUT2D eigenvalue weighted by atomic mass is 16.8. The fraction of sp³-hybridized carbons (Fsp3) is 0.979. The molecule has 4 aliphatic rings. The van der Waals surface area contributed by atoms with Crippen LogP contribution in [0.3, 0.4) is 0 Å². The van der Waals surface area contributed by atoms with Gasteiger partial charge in [0.1, 0.15) is 24.4 Å². The van der Waals surface area contributed by atoms with E-state index in [0.717, 1.165) is 32.1 Å². The fourth-order valence-corrected chi connectivity index (χ4v) is 9.50. The van der Waals surface area contributed by atoms with Gasteiger partial charge in [-0.2, -0.15) is 0 Å². The number of rotatable bonds is 34. The van der Waals surface area contributed by atoms with E-state index in [1.807, 2.05) is 27.7 Å². The third-order valence-electron chi connectivity index (χ3n) is 13.7. The van der Waals surface area contributed by atoms with Crippen LogP contribution >= 0.6 is 0 Å². The van der Waals surface area contributed by atoms with Crippen molar-refractivity contribution in [2.75, 3.05) is 47.3 Å². The summed E-state index contributed by atoms with van der Waals surface area (Å²) >= 11 is 0. The molecule has 20 atom stereocenters. The standard InChI is InChI=1S/C48H84N12O15/c1-11-15-23-64-37-33(53-57-49)29(6)70-46(41(37)63-10)74-43-39(66-25-17-13-3)35(55-59-51)31(8)72-48(43)75-44-40(67-26-18-14-4)36(56-60-52)30(7)71-47(44)73-42-38(65-24-16-12-2)34(54-58-50)28(5)69-45(42)68-27-21-19-20-22-32(61)62-9/h28-31,33-48H,11-27H2,1-10H3/t28?,29?,30?,31?,33-,34-,35-,36-,37?,38?,39?,40?,41-,42-,43-,44-,45+,46-,47-,48-/m1/s1. The molecule has 75 heavy (non-hydrogen) atoms. The second kappa shape index (κ2) is 34.9. The van der Waals surface area contributed by atoms with E-state index in [1.165, 1.54) is 14.2 Å². The summed E-state index contributed by atoms with van der Waals surface area (Å²) in [5.74, 6) is -0.304. The van der Waals surface area contributed by atoms with E-state index in [4.69, 9.17) is 66.3 Å². The SMILES string of the molecule is CCCCOC1[C@H](N=[N+]=[N-])C(C)O[C@H](O[C@@H]2C(OCCCC)[C@H](N=[N+]=[N-])C(C)O[C@@H]2O[C@@H]2C(OCCCC)[C@H](N=[N+]=[N-])C(C)O[C@@H]2O[C@@H]2C(OCCCC)[C@H](N=[N+]=[N-])C(C)O[C@@H]2OCCCCCC(=O)OC)[C@@H]1OC. The number of unbranched alkanes of at least 4 members (excludes halogenated alkanes) is 6. The molecule has 4 rings (SSSR count). The first-order valence-electron chi connectivity index (χ1n) is 26.8. The van der Waals surface area contributed by atoms with Gasteiger partial charge < -0.3 is 66.3 Å². The first kappa shape index (κ1) is 63.7. The summed E-state index contributed by atoms with van der Waals surface area (Å²) in [6, 6.07) is -3.61. The molecule has 0 saturated carbocycles. The van der Waals surface area contributed by atoms with Gasteiger partial charge in [-0.15, -0.1) is 0 Å². The van der Waals surface area contributed by atoms with Crippen molar-refractivity contribution in [3.05, 3.63) is 41.8 Å². The molecule has 4 aliphatic heterocycles. The number of methoxy groups -OCH3 is 2. The lowest BCUT2D eigenvalue weighted by Gasteiger charge is -2.51. The summed E-state index contributed by atoms with van der Waals surface area (Å²) in [6.07, 6.45) is -8.76. The van der Waals surface area contributed by atoms with Crippen LogP contribution in [0.5, 0.6) is 0 Å². The van der Waals surface area contributed by atoms with Crippen LogP contribution in [0, 0.1) is 0 Å². The predicted octanol–water partition coefficient (Wildman–Crippen LogP) is 9.34. The van der Waals surface area contributed by atoms with Crippen molar-refractivity contribution < 1.29 is 71.1 Å². The van der Waals surface area contributed by atoms with Crippen LogP contribution < -0.4 is 0 Å². The monoisotopic (exact) mass is 1070 g/mol. The Hall–Kier alpha value is -3.81. The average molecular weight is 1070 g/mol. The number of azide groups is 4. The van der Waals surface area contributed by atoms with Gasteiger partial charge in [0.2, 0.25) is 0 Å². The first-order chi connectivity index (χ1) is 36.4. The van der Waals surface area contributed by atoms with E-state index in [1.54, 1.807) is 27.7 Å². The van der Waals surface area contributed by atoms with Gasteiger partial charge in [-0.05, 0) is 88.3 Å². The van der Waals surface area contributed by atoms with Crippen LogP contribution in [-0.2, 0) is 71.1 Å². The van der Waals surface area contributed by atoms with E-state index in [9.17, 15) is 26.9 Å². The third-order valence-corrected chi connectivity index (χ3v) is 13.7. The van der Waals surface area contributed by atoms with Gasteiger partial charge in [-0.3, -0.25) is 4.79 Å². The second-order valence-corrected chi connectivity index (χ2v) is 19.1. The number of ether oxygens (including phenoxy) is 14. The molecule has 0 aromatic carbocycles. The predicted molar refractivity (Wildman–Crippen MR) is 270 cm³/mol. The Morgan fingerprint density at radius 1 is 0.413 bits per heavy atom. The van der Waals surface area contributed by atoms with Crippen LogP contribution in [0.2, 0.25) is 0 Å². The number of esters is 1. The Morgan fingerprint density at radius 3 is 1.04 bits per heavy atom. The molecule has 0 spiro atoms. The van der Waals surface area contributed by atoms with Crippen molar-refractivity contribution in [2.45, 2.75) is 255 Å². The number of hydrogen-bond donors (Lipinski definition) is 0. The molecular formula is C48H84N12O15. The topological polar surface area (TPSA) is 341 Å². The van der Waals surface area contributed by atoms with E-state index < -0.39 is 123 Å². The molecule has 27 heteroatoms. The minimum absolute atomic E-state index is 0.201. The molecule has 426 valence electrons. The Kier molecular flexibility index (Phi) is 29.6. The lowest BCUT2D eigenvalue weighted by Crippen LogP contribution is -2.67. The zero-order valence-electron chi connectivity index (χ0n) is 45.6. The zero-order valence-corrected chi connectivity index (χ0v) is 45.6. The highest BCUT2D eigenvalue weighted by Gasteiger charge is 2.57. The molecule has 0 bridgehead atoms. The van der Waals surface area contributed by atoms with Crippen molar-refractivity contribution >= 4 is 5.97 Å². The van der Waals surface area contributed by atoms with Gasteiger partial charge in [-0.1, -0.05) is 80.3 Å². The van der Waals surface area contributed by atoms with Crippen LogP contribution in [0.15, 0.2) is 20.5 Å². The minimum atomic E-state index is -1.41. The molecule has 8 unspecified atom stereocenters. The lowest BCUT2D eigenvalue weighted by molar-refractivity contribution is -0.391. The maximum Gasteiger partial charge on any atom is 0.305 e. The zero-order chi connectivity index (χ0) is 54.7. The Balaban J connectivity index is 1.89. The molecule has 4 fully saturated rings. The van der Waals surface area contributed by atoms with Crippen molar-refractivity contribution in [3.63, 3.8) is 0 Å². The highest BCUT2D eigenvalue weighted by molar-refractivity contribution is 5.68. The highest BCUT2D eigenvalue weighted by Crippen LogP contribution is 2.40.